The van der Waals surface area contributed by atoms with Crippen LogP contribution < -0.4 is 15.8 Å². The molecule has 0 fully saturated rings. The average Bonchev–Trinajstić information content (AvgIpc) is 2.74. The lowest BCUT2D eigenvalue weighted by Gasteiger charge is -2.23. The van der Waals surface area contributed by atoms with Crippen molar-refractivity contribution in [3.05, 3.63) is 69.2 Å². The minimum absolute atomic E-state index is 0.140. The topological polar surface area (TPSA) is 70.1 Å². The maximum atomic E-state index is 12.5. The molecule has 6 nitrogen and oxygen atoms in total. The first-order valence-electron chi connectivity index (χ1n) is 9.90. The zero-order chi connectivity index (χ0) is 20.8. The minimum Gasteiger partial charge on any atom is -0.372 e. The minimum atomic E-state index is -0.159. The summed E-state index contributed by atoms with van der Waals surface area (Å²) < 4.78 is 1.87. The number of hydrogen-bond donors (Lipinski definition) is 2. The quantitative estimate of drug-likeness (QED) is 0.439. The van der Waals surface area contributed by atoms with Crippen molar-refractivity contribution in [2.75, 3.05) is 24.5 Å². The molecule has 3 aromatic rings. The number of nitrogens with one attached hydrogen (secondary N) is 2. The van der Waals surface area contributed by atoms with Gasteiger partial charge in [0, 0.05) is 37.4 Å². The lowest BCUT2D eigenvalue weighted by molar-refractivity contribution is 0.0953. The number of amides is 1. The first-order chi connectivity index (χ1) is 14.0. The number of nitrogens with zero attached hydrogens (tertiary/aromatic N) is 2. The summed E-state index contributed by atoms with van der Waals surface area (Å²) in [7, 11) is 0. The van der Waals surface area contributed by atoms with Crippen molar-refractivity contribution in [2.45, 2.75) is 26.8 Å². The fourth-order valence-corrected chi connectivity index (χ4v) is 3.69. The normalized spacial score (nSPS) is 10.8. The van der Waals surface area contributed by atoms with Gasteiger partial charge in [0.1, 0.15) is 0 Å². The molecular weight excluding hydrogens is 384 g/mol. The highest BCUT2D eigenvalue weighted by Crippen LogP contribution is 2.13. The van der Waals surface area contributed by atoms with Crippen LogP contribution >= 0.6 is 12.2 Å². The van der Waals surface area contributed by atoms with Crippen LogP contribution in [0.1, 0.15) is 30.6 Å². The van der Waals surface area contributed by atoms with Gasteiger partial charge in [0.15, 0.2) is 4.77 Å². The molecular formula is C22H26N4O2S. The van der Waals surface area contributed by atoms with E-state index in [-0.39, 0.29) is 11.5 Å². The van der Waals surface area contributed by atoms with Gasteiger partial charge in [-0.15, -0.1) is 0 Å². The number of aromatic amines is 1. The van der Waals surface area contributed by atoms with Crippen LogP contribution in [0.2, 0.25) is 0 Å². The number of benzene rings is 2. The second kappa shape index (κ2) is 9.52. The van der Waals surface area contributed by atoms with Crippen LogP contribution in [0.25, 0.3) is 10.9 Å². The summed E-state index contributed by atoms with van der Waals surface area (Å²) in [6.45, 7) is 6.85. The number of carbonyl (C=O) groups is 1. The standard InChI is InChI=1S/C22H26N4O2S/c1-3-25(17-9-6-5-7-10-17)14-8-13-23-20(27)16-11-12-18-19(15-16)24-22(29)26(4-2)21(18)28/h5-7,9-12,15H,3-4,8,13-14H2,1-2H3,(H,23,27)(H,24,29). The molecule has 0 bridgehead atoms. The fraction of sp³-hybridized carbons (Fsp3) is 0.318. The Labute approximate surface area is 175 Å². The van der Waals surface area contributed by atoms with Gasteiger partial charge >= 0.3 is 0 Å². The molecule has 0 unspecified atom stereocenters. The van der Waals surface area contributed by atoms with Crippen molar-refractivity contribution in [3.63, 3.8) is 0 Å². The van der Waals surface area contributed by atoms with Crippen LogP contribution in [0.3, 0.4) is 0 Å². The highest BCUT2D eigenvalue weighted by atomic mass is 32.1. The van der Waals surface area contributed by atoms with Gasteiger partial charge in [-0.2, -0.15) is 0 Å². The van der Waals surface area contributed by atoms with E-state index in [9.17, 15) is 9.59 Å². The van der Waals surface area contributed by atoms with Crippen molar-refractivity contribution in [1.82, 2.24) is 14.9 Å². The van der Waals surface area contributed by atoms with Crippen LogP contribution in [0.15, 0.2) is 53.3 Å². The van der Waals surface area contributed by atoms with Crippen molar-refractivity contribution >= 4 is 34.7 Å². The van der Waals surface area contributed by atoms with Gasteiger partial charge in [-0.25, -0.2) is 0 Å². The largest absolute Gasteiger partial charge is 0.372 e. The number of H-pyrrole nitrogens is 1. The molecule has 0 atom stereocenters. The van der Waals surface area contributed by atoms with E-state index in [1.54, 1.807) is 18.2 Å². The van der Waals surface area contributed by atoms with E-state index < -0.39 is 0 Å². The van der Waals surface area contributed by atoms with E-state index >= 15 is 0 Å². The van der Waals surface area contributed by atoms with E-state index in [1.165, 1.54) is 10.3 Å². The maximum absolute atomic E-state index is 12.5. The van der Waals surface area contributed by atoms with Crippen LogP contribution in [0.4, 0.5) is 5.69 Å². The van der Waals surface area contributed by atoms with Gasteiger partial charge in [-0.1, -0.05) is 18.2 Å². The summed E-state index contributed by atoms with van der Waals surface area (Å²) in [5.41, 5.74) is 2.13. The average molecular weight is 411 g/mol. The SMILES string of the molecule is CCN(CCCNC(=O)c1ccc2c(=O)n(CC)c(=S)[nH]c2c1)c1ccccc1. The molecule has 0 aliphatic heterocycles. The van der Waals surface area contributed by atoms with Gasteiger partial charge in [-0.3, -0.25) is 14.2 Å². The molecule has 0 saturated heterocycles. The Morgan fingerprint density at radius 3 is 2.62 bits per heavy atom. The number of para-hydroxylation sites is 1. The number of fused-ring (bicyclic) bond motifs is 1. The fourth-order valence-electron chi connectivity index (χ4n) is 3.37. The Morgan fingerprint density at radius 2 is 1.93 bits per heavy atom. The van der Waals surface area contributed by atoms with Crippen LogP contribution in [0, 0.1) is 4.77 Å². The van der Waals surface area contributed by atoms with Crippen molar-refractivity contribution < 1.29 is 4.79 Å². The van der Waals surface area contributed by atoms with Gasteiger partial charge in [0.2, 0.25) is 0 Å². The third-order valence-corrected chi connectivity index (χ3v) is 5.28. The van der Waals surface area contributed by atoms with Crippen LogP contribution in [-0.4, -0.2) is 35.1 Å². The third kappa shape index (κ3) is 4.74. The Morgan fingerprint density at radius 1 is 1.17 bits per heavy atom. The summed E-state index contributed by atoms with van der Waals surface area (Å²) in [5.74, 6) is -0.159. The first kappa shape index (κ1) is 20.8. The number of anilines is 1. The molecule has 7 heteroatoms. The zero-order valence-corrected chi connectivity index (χ0v) is 17.6. The smallest absolute Gasteiger partial charge is 0.262 e. The van der Waals surface area contributed by atoms with Gasteiger partial charge in [0.05, 0.1) is 10.9 Å². The third-order valence-electron chi connectivity index (χ3n) is 4.95. The number of rotatable bonds is 8. The molecule has 2 N–H and O–H groups in total. The molecule has 29 heavy (non-hydrogen) atoms. The van der Waals surface area contributed by atoms with Gasteiger partial charge in [-0.05, 0) is 62.8 Å². The Hall–Kier alpha value is -2.93. The Balaban J connectivity index is 1.63. The highest BCUT2D eigenvalue weighted by molar-refractivity contribution is 7.71. The Kier molecular flexibility index (Phi) is 6.82. The van der Waals surface area contributed by atoms with Gasteiger partial charge < -0.3 is 15.2 Å². The molecule has 3 rings (SSSR count). The molecule has 1 heterocycles. The lowest BCUT2D eigenvalue weighted by atomic mass is 10.1. The maximum Gasteiger partial charge on any atom is 0.262 e. The second-order valence-corrected chi connectivity index (χ2v) is 7.15. The lowest BCUT2D eigenvalue weighted by Crippen LogP contribution is -2.30. The van der Waals surface area contributed by atoms with Crippen molar-refractivity contribution in [3.8, 4) is 0 Å². The molecule has 0 aliphatic carbocycles. The monoisotopic (exact) mass is 410 g/mol. The summed E-state index contributed by atoms with van der Waals surface area (Å²) in [5, 5.41) is 3.48. The van der Waals surface area contributed by atoms with E-state index in [4.69, 9.17) is 12.2 Å². The highest BCUT2D eigenvalue weighted by Gasteiger charge is 2.10. The first-order valence-corrected chi connectivity index (χ1v) is 10.3. The van der Waals surface area contributed by atoms with E-state index in [0.29, 0.717) is 34.3 Å². The summed E-state index contributed by atoms with van der Waals surface area (Å²) in [6.07, 6.45) is 0.839. The molecule has 1 aromatic heterocycles. The van der Waals surface area contributed by atoms with Crippen molar-refractivity contribution in [2.24, 2.45) is 0 Å². The van der Waals surface area contributed by atoms with Crippen LogP contribution in [0.5, 0.6) is 0 Å². The number of carbonyl (C=O) groups excluding carboxylic acids is 1. The van der Waals surface area contributed by atoms with Gasteiger partial charge in [0.25, 0.3) is 11.5 Å². The zero-order valence-electron chi connectivity index (χ0n) is 16.8. The second-order valence-electron chi connectivity index (χ2n) is 6.76. The molecule has 0 radical (unpaired) electrons. The Bertz CT molecular complexity index is 1110. The predicted octanol–water partition coefficient (Wildman–Crippen LogP) is 3.73. The molecule has 1 amide bonds. The molecule has 0 aliphatic rings. The van der Waals surface area contributed by atoms with E-state index in [2.05, 4.69) is 34.3 Å². The predicted molar refractivity (Wildman–Crippen MR) is 120 cm³/mol. The molecule has 2 aromatic carbocycles. The molecule has 152 valence electrons. The number of hydrogen-bond acceptors (Lipinski definition) is 4. The van der Waals surface area contributed by atoms with Crippen molar-refractivity contribution in [1.29, 1.82) is 0 Å². The van der Waals surface area contributed by atoms with Crippen LogP contribution in [-0.2, 0) is 6.54 Å². The van der Waals surface area contributed by atoms with E-state index in [1.807, 2.05) is 25.1 Å². The summed E-state index contributed by atoms with van der Waals surface area (Å²) >= 11 is 5.24. The molecule has 0 spiro atoms. The number of aromatic nitrogens is 2. The summed E-state index contributed by atoms with van der Waals surface area (Å²) in [4.78, 5) is 30.3. The summed E-state index contributed by atoms with van der Waals surface area (Å²) in [6, 6.07) is 15.3. The molecule has 0 saturated carbocycles. The van der Waals surface area contributed by atoms with E-state index in [0.717, 1.165) is 19.5 Å².